The number of anilines is 1. The average Bonchev–Trinajstić information content (AvgIpc) is 3.13. The summed E-state index contributed by atoms with van der Waals surface area (Å²) in [6, 6.07) is 0. The summed E-state index contributed by atoms with van der Waals surface area (Å²) in [4.78, 5) is 31.6. The van der Waals surface area contributed by atoms with Crippen LogP contribution in [0, 0.1) is 0 Å². The molecule has 1 aliphatic rings. The Bertz CT molecular complexity index is 906. The predicted octanol–water partition coefficient (Wildman–Crippen LogP) is 0.121. The third-order valence-electron chi connectivity index (χ3n) is 4.24. The second-order valence-electron chi connectivity index (χ2n) is 5.94. The standard InChI is InChI=1S/C15H17ClFN5O5/c1-2-7(24)19-12-8-5(11(18)26)3-22(13(8)21-15(16)20-12)14-9(17)10(25)6(4-23)27-14/h3,6,9-10,14,23,25H,2,4H2,1H3,(H2,18,26)(H,19,20,21,24)/t6-,9-,10?,14-/m1/s1. The van der Waals surface area contributed by atoms with E-state index in [1.54, 1.807) is 6.92 Å². The summed E-state index contributed by atoms with van der Waals surface area (Å²) in [5, 5.41) is 21.4. The lowest BCUT2D eigenvalue weighted by atomic mass is 10.1. The Morgan fingerprint density at radius 2 is 2.19 bits per heavy atom. The van der Waals surface area contributed by atoms with Gasteiger partial charge in [0.2, 0.25) is 11.2 Å². The van der Waals surface area contributed by atoms with Gasteiger partial charge in [0.05, 0.1) is 17.6 Å². The highest BCUT2D eigenvalue weighted by Crippen LogP contribution is 2.37. The predicted molar refractivity (Wildman–Crippen MR) is 91.9 cm³/mol. The van der Waals surface area contributed by atoms with Crippen LogP contribution in [0.25, 0.3) is 11.0 Å². The number of hydrogen-bond donors (Lipinski definition) is 4. The molecule has 1 aliphatic heterocycles. The molecule has 27 heavy (non-hydrogen) atoms. The quantitative estimate of drug-likeness (QED) is 0.519. The first-order chi connectivity index (χ1) is 12.8. The maximum Gasteiger partial charge on any atom is 0.251 e. The van der Waals surface area contributed by atoms with Gasteiger partial charge in [-0.15, -0.1) is 0 Å². The van der Waals surface area contributed by atoms with Gasteiger partial charge in [0.15, 0.2) is 12.4 Å². The molecule has 12 heteroatoms. The Hall–Kier alpha value is -2.34. The molecule has 1 unspecified atom stereocenters. The minimum atomic E-state index is -1.92. The molecule has 1 fully saturated rings. The smallest absolute Gasteiger partial charge is 0.251 e. The van der Waals surface area contributed by atoms with Crippen molar-refractivity contribution < 1.29 is 28.9 Å². The highest BCUT2D eigenvalue weighted by molar-refractivity contribution is 6.29. The second kappa shape index (κ2) is 7.35. The first-order valence-electron chi connectivity index (χ1n) is 8.04. The molecule has 146 valence electrons. The Morgan fingerprint density at radius 3 is 2.74 bits per heavy atom. The van der Waals surface area contributed by atoms with E-state index in [0.717, 1.165) is 4.57 Å². The van der Waals surface area contributed by atoms with Gasteiger partial charge in [-0.05, 0) is 11.6 Å². The lowest BCUT2D eigenvalue weighted by Gasteiger charge is -2.16. The van der Waals surface area contributed by atoms with E-state index in [4.69, 9.17) is 22.1 Å². The van der Waals surface area contributed by atoms with Crippen molar-refractivity contribution in [3.8, 4) is 0 Å². The molecule has 0 aromatic carbocycles. The van der Waals surface area contributed by atoms with Crippen LogP contribution in [0.15, 0.2) is 6.20 Å². The van der Waals surface area contributed by atoms with Crippen molar-refractivity contribution >= 4 is 40.3 Å². The van der Waals surface area contributed by atoms with Crippen LogP contribution in [0.2, 0.25) is 5.28 Å². The molecule has 0 saturated carbocycles. The zero-order valence-electron chi connectivity index (χ0n) is 14.1. The number of amides is 2. The molecule has 3 heterocycles. The van der Waals surface area contributed by atoms with Gasteiger partial charge in [0.25, 0.3) is 5.91 Å². The van der Waals surface area contributed by atoms with Crippen molar-refractivity contribution in [1.82, 2.24) is 14.5 Å². The lowest BCUT2D eigenvalue weighted by molar-refractivity contribution is -0.115. The number of carbonyl (C=O) groups excluding carboxylic acids is 2. The molecule has 2 aromatic heterocycles. The number of rotatable bonds is 5. The van der Waals surface area contributed by atoms with Crippen LogP contribution < -0.4 is 11.1 Å². The Morgan fingerprint density at radius 1 is 1.48 bits per heavy atom. The summed E-state index contributed by atoms with van der Waals surface area (Å²) >= 11 is 5.91. The van der Waals surface area contributed by atoms with Gasteiger partial charge in [-0.2, -0.15) is 9.97 Å². The van der Waals surface area contributed by atoms with E-state index in [0.29, 0.717) is 0 Å². The zero-order valence-corrected chi connectivity index (χ0v) is 14.9. The van der Waals surface area contributed by atoms with E-state index in [9.17, 15) is 24.2 Å². The van der Waals surface area contributed by atoms with Crippen LogP contribution in [0.5, 0.6) is 0 Å². The maximum absolute atomic E-state index is 14.5. The van der Waals surface area contributed by atoms with Gasteiger partial charge in [0, 0.05) is 12.6 Å². The molecule has 0 radical (unpaired) electrons. The zero-order chi connectivity index (χ0) is 19.9. The molecule has 0 spiro atoms. The number of nitrogens with one attached hydrogen (secondary N) is 1. The summed E-state index contributed by atoms with van der Waals surface area (Å²) in [7, 11) is 0. The Labute approximate surface area is 157 Å². The number of carbonyl (C=O) groups is 2. The molecule has 4 atom stereocenters. The highest BCUT2D eigenvalue weighted by Gasteiger charge is 2.45. The number of hydrogen-bond acceptors (Lipinski definition) is 7. The van der Waals surface area contributed by atoms with Gasteiger partial charge in [-0.25, -0.2) is 4.39 Å². The van der Waals surface area contributed by atoms with E-state index in [-0.39, 0.29) is 34.1 Å². The van der Waals surface area contributed by atoms with Crippen molar-refractivity contribution in [2.75, 3.05) is 11.9 Å². The largest absolute Gasteiger partial charge is 0.394 e. The number of aromatic nitrogens is 3. The molecule has 10 nitrogen and oxygen atoms in total. The normalized spacial score (nSPS) is 25.1. The first-order valence-corrected chi connectivity index (χ1v) is 8.42. The second-order valence-corrected chi connectivity index (χ2v) is 6.28. The number of primary amides is 1. The first kappa shape index (κ1) is 19.4. The van der Waals surface area contributed by atoms with Gasteiger partial charge >= 0.3 is 0 Å². The monoisotopic (exact) mass is 401 g/mol. The van der Waals surface area contributed by atoms with Crippen LogP contribution in [0.4, 0.5) is 10.2 Å². The van der Waals surface area contributed by atoms with Crippen LogP contribution >= 0.6 is 11.6 Å². The van der Waals surface area contributed by atoms with Crippen molar-refractivity contribution in [2.24, 2.45) is 5.73 Å². The van der Waals surface area contributed by atoms with Gasteiger partial charge in [-0.3, -0.25) is 9.59 Å². The van der Waals surface area contributed by atoms with Gasteiger partial charge < -0.3 is 30.6 Å². The third kappa shape index (κ3) is 3.34. The minimum Gasteiger partial charge on any atom is -0.394 e. The number of halogens is 2. The summed E-state index contributed by atoms with van der Waals surface area (Å²) in [5.74, 6) is -1.33. The van der Waals surface area contributed by atoms with Crippen molar-refractivity contribution in [2.45, 2.75) is 38.0 Å². The fourth-order valence-corrected chi connectivity index (χ4v) is 3.06. The van der Waals surface area contributed by atoms with Crippen LogP contribution in [-0.4, -0.2) is 61.5 Å². The van der Waals surface area contributed by atoms with E-state index >= 15 is 0 Å². The van der Waals surface area contributed by atoms with Crippen LogP contribution in [0.3, 0.4) is 0 Å². The van der Waals surface area contributed by atoms with E-state index in [1.807, 2.05) is 0 Å². The molecule has 0 bridgehead atoms. The highest BCUT2D eigenvalue weighted by atomic mass is 35.5. The van der Waals surface area contributed by atoms with E-state index in [1.165, 1.54) is 6.20 Å². The average molecular weight is 402 g/mol. The Balaban J connectivity index is 2.20. The minimum absolute atomic E-state index is 0.0198. The lowest BCUT2D eigenvalue weighted by Crippen LogP contribution is -2.30. The van der Waals surface area contributed by atoms with Crippen LogP contribution in [-0.2, 0) is 9.53 Å². The van der Waals surface area contributed by atoms with E-state index < -0.39 is 43.0 Å². The molecule has 1 saturated heterocycles. The molecule has 5 N–H and O–H groups in total. The summed E-state index contributed by atoms with van der Waals surface area (Å²) in [5.41, 5.74) is 5.29. The number of nitrogens with two attached hydrogens (primary N) is 1. The van der Waals surface area contributed by atoms with Crippen molar-refractivity contribution in [1.29, 1.82) is 0 Å². The van der Waals surface area contributed by atoms with E-state index in [2.05, 4.69) is 15.3 Å². The molecular formula is C15H17ClFN5O5. The molecular weight excluding hydrogens is 385 g/mol. The van der Waals surface area contributed by atoms with Gasteiger partial charge in [-0.1, -0.05) is 6.92 Å². The Kier molecular flexibility index (Phi) is 5.29. The summed E-state index contributed by atoms with van der Waals surface area (Å²) < 4.78 is 21.0. The molecule has 0 aliphatic carbocycles. The molecule has 2 amide bonds. The van der Waals surface area contributed by atoms with Crippen LogP contribution in [0.1, 0.15) is 29.9 Å². The molecule has 2 aromatic rings. The fourth-order valence-electron chi connectivity index (χ4n) is 2.89. The number of ether oxygens (including phenoxy) is 1. The number of nitrogens with zero attached hydrogens (tertiary/aromatic N) is 3. The summed E-state index contributed by atoms with van der Waals surface area (Å²) in [6.07, 6.45) is -4.72. The fraction of sp³-hybridized carbons (Fsp3) is 0.467. The third-order valence-corrected chi connectivity index (χ3v) is 4.41. The maximum atomic E-state index is 14.5. The number of aliphatic hydroxyl groups is 2. The van der Waals surface area contributed by atoms with Crippen molar-refractivity contribution in [3.63, 3.8) is 0 Å². The number of fused-ring (bicyclic) bond motifs is 1. The molecule has 3 rings (SSSR count). The SMILES string of the molecule is CCC(=O)Nc1nc(Cl)nc2c1c(C(N)=O)cn2[C@@H]1O[C@H](CO)C(O)[C@H]1F. The topological polar surface area (TPSA) is 153 Å². The summed E-state index contributed by atoms with van der Waals surface area (Å²) in [6.45, 7) is 1.01. The number of aliphatic hydroxyl groups excluding tert-OH is 2. The van der Waals surface area contributed by atoms with Gasteiger partial charge in [0.1, 0.15) is 23.7 Å². The van der Waals surface area contributed by atoms with Crippen molar-refractivity contribution in [3.05, 3.63) is 17.0 Å². The number of alkyl halides is 1.